The van der Waals surface area contributed by atoms with Crippen LogP contribution in [-0.4, -0.2) is 51.3 Å². The number of hydrogen-bond acceptors (Lipinski definition) is 4. The van der Waals surface area contributed by atoms with E-state index in [0.29, 0.717) is 5.92 Å². The van der Waals surface area contributed by atoms with Crippen LogP contribution in [0.5, 0.6) is 0 Å². The van der Waals surface area contributed by atoms with Crippen molar-refractivity contribution in [2.24, 2.45) is 7.05 Å². The van der Waals surface area contributed by atoms with Crippen molar-refractivity contribution in [1.29, 1.82) is 0 Å². The Labute approximate surface area is 111 Å². The van der Waals surface area contributed by atoms with Crippen molar-refractivity contribution in [3.05, 3.63) is 18.0 Å². The van der Waals surface area contributed by atoms with Gasteiger partial charge in [-0.15, -0.1) is 11.8 Å². The van der Waals surface area contributed by atoms with Crippen LogP contribution in [0.1, 0.15) is 17.9 Å². The van der Waals surface area contributed by atoms with Crippen LogP contribution in [0.25, 0.3) is 0 Å². The number of amides is 1. The Balaban J connectivity index is 1.62. The molecule has 18 heavy (non-hydrogen) atoms. The molecule has 1 N–H and O–H groups in total. The topological polar surface area (TPSA) is 50.2 Å². The van der Waals surface area contributed by atoms with Gasteiger partial charge in [0.2, 0.25) is 5.91 Å². The molecule has 0 spiro atoms. The molecular formula is C12H18N4OS. The fourth-order valence-electron chi connectivity index (χ4n) is 2.66. The summed E-state index contributed by atoms with van der Waals surface area (Å²) in [5.74, 6) is 2.53. The minimum atomic E-state index is 0.0302. The summed E-state index contributed by atoms with van der Waals surface area (Å²) in [6.07, 6.45) is 5.03. The van der Waals surface area contributed by atoms with Gasteiger partial charge in [0.1, 0.15) is 0 Å². The summed E-state index contributed by atoms with van der Waals surface area (Å²) in [7, 11) is 1.93. The molecule has 5 nitrogen and oxygen atoms in total. The van der Waals surface area contributed by atoms with Crippen molar-refractivity contribution in [1.82, 2.24) is 20.0 Å². The van der Waals surface area contributed by atoms with E-state index < -0.39 is 0 Å². The molecule has 2 atom stereocenters. The fraction of sp³-hybridized carbons (Fsp3) is 0.667. The van der Waals surface area contributed by atoms with Gasteiger partial charge in [-0.3, -0.25) is 14.8 Å². The number of rotatable bonds is 2. The molecule has 3 rings (SSSR count). The first-order valence-electron chi connectivity index (χ1n) is 6.32. The number of hydrogen-bond donors (Lipinski definition) is 1. The second-order valence-corrected chi connectivity index (χ2v) is 6.02. The number of nitrogens with zero attached hydrogens (tertiary/aromatic N) is 3. The first-order valence-corrected chi connectivity index (χ1v) is 7.48. The Bertz CT molecular complexity index is 441. The van der Waals surface area contributed by atoms with Crippen LogP contribution < -0.4 is 5.32 Å². The van der Waals surface area contributed by atoms with Crippen LogP contribution in [-0.2, 0) is 11.8 Å². The molecule has 2 fully saturated rings. The lowest BCUT2D eigenvalue weighted by Crippen LogP contribution is -2.43. The third kappa shape index (κ3) is 2.27. The highest BCUT2D eigenvalue weighted by Gasteiger charge is 2.33. The number of likely N-dealkylation sites (tertiary alicyclic amines) is 1. The highest BCUT2D eigenvalue weighted by molar-refractivity contribution is 7.99. The molecule has 6 heteroatoms. The molecule has 1 aromatic rings. The van der Waals surface area contributed by atoms with E-state index in [1.165, 1.54) is 5.56 Å². The Morgan fingerprint density at radius 2 is 2.50 bits per heavy atom. The summed E-state index contributed by atoms with van der Waals surface area (Å²) >= 11 is 1.80. The van der Waals surface area contributed by atoms with Crippen LogP contribution in [0.15, 0.2) is 12.4 Å². The van der Waals surface area contributed by atoms with Gasteiger partial charge in [0.05, 0.1) is 12.2 Å². The van der Waals surface area contributed by atoms with E-state index in [2.05, 4.69) is 16.6 Å². The summed E-state index contributed by atoms with van der Waals surface area (Å²) in [6.45, 7) is 1.72. The Morgan fingerprint density at radius 1 is 1.61 bits per heavy atom. The number of thioether (sulfide) groups is 1. The van der Waals surface area contributed by atoms with Crippen molar-refractivity contribution >= 4 is 17.7 Å². The van der Waals surface area contributed by atoms with Gasteiger partial charge < -0.3 is 4.90 Å². The maximum atomic E-state index is 12.3. The third-order valence-electron chi connectivity index (χ3n) is 3.71. The van der Waals surface area contributed by atoms with Crippen LogP contribution >= 0.6 is 11.8 Å². The molecule has 2 saturated heterocycles. The average molecular weight is 266 g/mol. The molecule has 1 aromatic heterocycles. The number of carbonyl (C=O) groups is 1. The van der Waals surface area contributed by atoms with Crippen LogP contribution in [0.3, 0.4) is 0 Å². The van der Waals surface area contributed by atoms with Crippen molar-refractivity contribution in [2.45, 2.75) is 18.4 Å². The zero-order valence-electron chi connectivity index (χ0n) is 10.5. The van der Waals surface area contributed by atoms with Crippen LogP contribution in [0.4, 0.5) is 0 Å². The van der Waals surface area contributed by atoms with Gasteiger partial charge >= 0.3 is 0 Å². The van der Waals surface area contributed by atoms with E-state index in [1.807, 2.05) is 22.8 Å². The van der Waals surface area contributed by atoms with Crippen LogP contribution in [0, 0.1) is 0 Å². The SMILES string of the molecule is Cn1cc(C2CCN(C(=O)C3CSCN3)C2)cn1. The van der Waals surface area contributed by atoms with Gasteiger partial charge in [-0.2, -0.15) is 5.10 Å². The van der Waals surface area contributed by atoms with E-state index in [1.54, 1.807) is 11.8 Å². The van der Waals surface area contributed by atoms with E-state index >= 15 is 0 Å². The molecule has 98 valence electrons. The van der Waals surface area contributed by atoms with Crippen LogP contribution in [0.2, 0.25) is 0 Å². The second-order valence-electron chi connectivity index (χ2n) is 4.99. The van der Waals surface area contributed by atoms with Gasteiger partial charge in [0.15, 0.2) is 0 Å². The number of aryl methyl sites for hydroxylation is 1. The van der Waals surface area contributed by atoms with E-state index in [-0.39, 0.29) is 11.9 Å². The zero-order valence-corrected chi connectivity index (χ0v) is 11.3. The van der Waals surface area contributed by atoms with E-state index in [4.69, 9.17) is 0 Å². The lowest BCUT2D eigenvalue weighted by Gasteiger charge is -2.20. The number of nitrogens with one attached hydrogen (secondary N) is 1. The minimum absolute atomic E-state index is 0.0302. The molecule has 2 aliphatic heterocycles. The van der Waals surface area contributed by atoms with E-state index in [9.17, 15) is 4.79 Å². The van der Waals surface area contributed by atoms with Crippen molar-refractivity contribution < 1.29 is 4.79 Å². The summed E-state index contributed by atoms with van der Waals surface area (Å²) in [6, 6.07) is 0.0302. The quantitative estimate of drug-likeness (QED) is 0.842. The molecule has 2 aliphatic rings. The smallest absolute Gasteiger partial charge is 0.240 e. The minimum Gasteiger partial charge on any atom is -0.341 e. The Kier molecular flexibility index (Phi) is 3.30. The van der Waals surface area contributed by atoms with Gasteiger partial charge in [-0.1, -0.05) is 0 Å². The van der Waals surface area contributed by atoms with Crippen molar-refractivity contribution in [3.63, 3.8) is 0 Å². The molecule has 0 saturated carbocycles. The Hall–Kier alpha value is -1.01. The predicted octanol–water partition coefficient (Wildman–Crippen LogP) is 0.398. The fourth-order valence-corrected chi connectivity index (χ4v) is 3.59. The molecule has 2 unspecified atom stereocenters. The Morgan fingerprint density at radius 3 is 3.17 bits per heavy atom. The molecule has 0 aromatic carbocycles. The first kappa shape index (κ1) is 12.0. The zero-order chi connectivity index (χ0) is 12.5. The third-order valence-corrected chi connectivity index (χ3v) is 4.65. The maximum Gasteiger partial charge on any atom is 0.240 e. The summed E-state index contributed by atoms with van der Waals surface area (Å²) in [5, 5.41) is 7.45. The molecule has 0 radical (unpaired) electrons. The monoisotopic (exact) mass is 266 g/mol. The van der Waals surface area contributed by atoms with Crippen molar-refractivity contribution in [3.8, 4) is 0 Å². The van der Waals surface area contributed by atoms with Crippen molar-refractivity contribution in [2.75, 3.05) is 24.7 Å². The number of carbonyl (C=O) groups excluding carboxylic acids is 1. The maximum absolute atomic E-state index is 12.3. The average Bonchev–Trinajstić information content (AvgIpc) is 3.09. The summed E-state index contributed by atoms with van der Waals surface area (Å²) in [4.78, 5) is 14.3. The second kappa shape index (κ2) is 4.93. The highest BCUT2D eigenvalue weighted by atomic mass is 32.2. The molecule has 1 amide bonds. The highest BCUT2D eigenvalue weighted by Crippen LogP contribution is 2.27. The van der Waals surface area contributed by atoms with Gasteiger partial charge in [-0.25, -0.2) is 0 Å². The lowest BCUT2D eigenvalue weighted by molar-refractivity contribution is -0.131. The molecule has 0 aliphatic carbocycles. The normalized spacial score (nSPS) is 27.9. The standard InChI is InChI=1S/C12H18N4OS/c1-15-5-10(4-14-15)9-2-3-16(6-9)12(17)11-7-18-8-13-11/h4-5,9,11,13H,2-3,6-8H2,1H3. The number of aromatic nitrogens is 2. The predicted molar refractivity (Wildman–Crippen MR) is 71.4 cm³/mol. The van der Waals surface area contributed by atoms with Gasteiger partial charge in [0, 0.05) is 43.9 Å². The van der Waals surface area contributed by atoms with Gasteiger partial charge in [0.25, 0.3) is 0 Å². The lowest BCUT2D eigenvalue weighted by atomic mass is 10.0. The molecule has 0 bridgehead atoms. The molecule has 3 heterocycles. The van der Waals surface area contributed by atoms with E-state index in [0.717, 1.165) is 31.1 Å². The molecular weight excluding hydrogens is 248 g/mol. The summed E-state index contributed by atoms with van der Waals surface area (Å²) < 4.78 is 1.83. The van der Waals surface area contributed by atoms with Gasteiger partial charge in [-0.05, 0) is 12.0 Å². The summed E-state index contributed by atoms with van der Waals surface area (Å²) in [5.41, 5.74) is 1.25. The first-order chi connectivity index (χ1) is 8.74. The largest absolute Gasteiger partial charge is 0.341 e.